The smallest absolute Gasteiger partial charge is 0.264 e. The largest absolute Gasteiger partial charge is 0.334 e. The van der Waals surface area contributed by atoms with Gasteiger partial charge in [-0.25, -0.2) is 8.42 Å². The van der Waals surface area contributed by atoms with Crippen LogP contribution >= 0.6 is 11.3 Å². The van der Waals surface area contributed by atoms with E-state index in [9.17, 15) is 13.2 Å². The molecule has 146 valence electrons. The maximum atomic E-state index is 13.0. The molecule has 1 heterocycles. The van der Waals surface area contributed by atoms with Gasteiger partial charge in [0.2, 0.25) is 0 Å². The highest BCUT2D eigenvalue weighted by Gasteiger charge is 2.23. The number of thiophene rings is 1. The van der Waals surface area contributed by atoms with Gasteiger partial charge in [0.15, 0.2) is 9.84 Å². The number of amides is 1. The number of hydrogen-bond acceptors (Lipinski definition) is 4. The van der Waals surface area contributed by atoms with Crippen molar-refractivity contribution in [2.24, 2.45) is 0 Å². The summed E-state index contributed by atoms with van der Waals surface area (Å²) in [6.45, 7) is 1.97. The number of fused-ring (bicyclic) bond motifs is 1. The number of sulfone groups is 1. The summed E-state index contributed by atoms with van der Waals surface area (Å²) in [7, 11) is -1.40. The molecule has 27 heavy (non-hydrogen) atoms. The Morgan fingerprint density at radius 2 is 1.70 bits per heavy atom. The van der Waals surface area contributed by atoms with Crippen LogP contribution in [0.4, 0.5) is 0 Å². The monoisotopic (exact) mass is 405 g/mol. The van der Waals surface area contributed by atoms with Gasteiger partial charge in [-0.15, -0.1) is 11.3 Å². The van der Waals surface area contributed by atoms with Crippen LogP contribution in [0.25, 0.3) is 0 Å². The molecule has 1 unspecified atom stereocenters. The summed E-state index contributed by atoms with van der Waals surface area (Å²) >= 11 is 1.64. The first-order valence-corrected chi connectivity index (χ1v) is 12.2. The van der Waals surface area contributed by atoms with Gasteiger partial charge < -0.3 is 4.90 Å². The Hall–Kier alpha value is -1.66. The minimum absolute atomic E-state index is 0.0337. The first-order valence-electron chi connectivity index (χ1n) is 9.46. The summed E-state index contributed by atoms with van der Waals surface area (Å²) < 4.78 is 23.2. The van der Waals surface area contributed by atoms with Gasteiger partial charge in [0.1, 0.15) is 0 Å². The third kappa shape index (κ3) is 4.61. The summed E-state index contributed by atoms with van der Waals surface area (Å²) in [4.78, 5) is 17.2. The molecule has 3 rings (SSSR count). The molecule has 0 radical (unpaired) electrons. The van der Waals surface area contributed by atoms with Crippen molar-refractivity contribution in [3.63, 3.8) is 0 Å². The predicted octanol–water partition coefficient (Wildman–Crippen LogP) is 4.64. The minimum Gasteiger partial charge on any atom is -0.334 e. The van der Waals surface area contributed by atoms with Crippen LogP contribution in [-0.2, 0) is 22.7 Å². The summed E-state index contributed by atoms with van der Waals surface area (Å²) in [5.74, 6) is 0.0337. The molecule has 1 aromatic heterocycles. The first-order chi connectivity index (χ1) is 12.8. The molecule has 0 bridgehead atoms. The van der Waals surface area contributed by atoms with Crippen LogP contribution in [0.15, 0.2) is 35.2 Å². The highest BCUT2D eigenvalue weighted by Crippen LogP contribution is 2.31. The topological polar surface area (TPSA) is 54.5 Å². The van der Waals surface area contributed by atoms with Crippen LogP contribution in [0.5, 0.6) is 0 Å². The van der Waals surface area contributed by atoms with Crippen LogP contribution in [0.2, 0.25) is 0 Å². The average molecular weight is 406 g/mol. The van der Waals surface area contributed by atoms with Gasteiger partial charge in [0, 0.05) is 18.2 Å². The van der Waals surface area contributed by atoms with Crippen LogP contribution < -0.4 is 0 Å². The van der Waals surface area contributed by atoms with E-state index in [0.29, 0.717) is 4.90 Å². The third-order valence-corrected chi connectivity index (χ3v) is 7.75. The zero-order valence-corrected chi connectivity index (χ0v) is 17.8. The van der Waals surface area contributed by atoms with Gasteiger partial charge in [-0.3, -0.25) is 4.79 Å². The lowest BCUT2D eigenvalue weighted by Crippen LogP contribution is -2.29. The van der Waals surface area contributed by atoms with E-state index in [0.717, 1.165) is 23.3 Å². The van der Waals surface area contributed by atoms with Crippen molar-refractivity contribution in [2.75, 3.05) is 13.3 Å². The highest BCUT2D eigenvalue weighted by molar-refractivity contribution is 7.90. The van der Waals surface area contributed by atoms with Crippen molar-refractivity contribution in [2.45, 2.75) is 56.4 Å². The van der Waals surface area contributed by atoms with E-state index in [-0.39, 0.29) is 11.9 Å². The number of hydrogen-bond donors (Lipinski definition) is 0. The summed E-state index contributed by atoms with van der Waals surface area (Å²) in [6.07, 6.45) is 8.32. The van der Waals surface area contributed by atoms with E-state index < -0.39 is 9.84 Å². The lowest BCUT2D eigenvalue weighted by atomic mass is 9.99. The van der Waals surface area contributed by atoms with E-state index in [2.05, 4.69) is 6.07 Å². The third-order valence-electron chi connectivity index (χ3n) is 5.40. The SMILES string of the molecule is CC(c1ccc(S(C)(=O)=O)cc1)N(C)C(=O)c1cc2c(s1)CCCCCC2. The maximum Gasteiger partial charge on any atom is 0.264 e. The van der Waals surface area contributed by atoms with Crippen LogP contribution in [0.3, 0.4) is 0 Å². The van der Waals surface area contributed by atoms with E-state index in [1.54, 1.807) is 40.5 Å². The maximum absolute atomic E-state index is 13.0. The Balaban J connectivity index is 1.77. The fourth-order valence-corrected chi connectivity index (χ4v) is 5.38. The number of carbonyl (C=O) groups is 1. The quantitative estimate of drug-likeness (QED) is 0.744. The molecule has 4 nitrogen and oxygen atoms in total. The zero-order valence-electron chi connectivity index (χ0n) is 16.2. The Bertz CT molecular complexity index is 888. The molecule has 1 aliphatic rings. The van der Waals surface area contributed by atoms with Crippen molar-refractivity contribution in [1.82, 2.24) is 4.90 Å². The summed E-state index contributed by atoms with van der Waals surface area (Å²) in [5.41, 5.74) is 2.27. The van der Waals surface area contributed by atoms with E-state index in [4.69, 9.17) is 0 Å². The number of rotatable bonds is 4. The van der Waals surface area contributed by atoms with Crippen LogP contribution in [0, 0.1) is 0 Å². The molecule has 0 fully saturated rings. The molecule has 1 amide bonds. The minimum atomic E-state index is -3.21. The Morgan fingerprint density at radius 3 is 2.33 bits per heavy atom. The number of nitrogens with zero attached hydrogens (tertiary/aromatic N) is 1. The molecule has 6 heteroatoms. The molecule has 1 atom stereocenters. The lowest BCUT2D eigenvalue weighted by Gasteiger charge is -2.25. The van der Waals surface area contributed by atoms with Gasteiger partial charge in [-0.2, -0.15) is 0 Å². The molecule has 0 saturated heterocycles. The fraction of sp³-hybridized carbons (Fsp3) is 0.476. The molecule has 0 spiro atoms. The van der Waals surface area contributed by atoms with Crippen molar-refractivity contribution in [1.29, 1.82) is 0 Å². The summed E-state index contributed by atoms with van der Waals surface area (Å²) in [6, 6.07) is 8.75. The second kappa shape index (κ2) is 8.15. The summed E-state index contributed by atoms with van der Waals surface area (Å²) in [5, 5.41) is 0. The van der Waals surface area contributed by atoms with Crippen molar-refractivity contribution >= 4 is 27.1 Å². The molecule has 2 aromatic rings. The zero-order chi connectivity index (χ0) is 19.6. The van der Waals surface area contributed by atoms with E-state index >= 15 is 0 Å². The molecule has 0 N–H and O–H groups in total. The lowest BCUT2D eigenvalue weighted by molar-refractivity contribution is 0.0747. The average Bonchev–Trinajstić information content (AvgIpc) is 3.01. The van der Waals surface area contributed by atoms with Crippen molar-refractivity contribution in [3.05, 3.63) is 51.2 Å². The number of benzene rings is 1. The Labute approximate surface area is 166 Å². The normalized spacial score (nSPS) is 16.1. The standard InChI is InChI=1S/C21H27NO3S2/c1-15(16-10-12-18(13-11-16)27(3,24)25)22(2)21(23)20-14-17-8-6-4-5-7-9-19(17)26-20/h10-15H,4-9H2,1-3H3. The molecule has 1 aromatic carbocycles. The van der Waals surface area contributed by atoms with Crippen molar-refractivity contribution in [3.8, 4) is 0 Å². The van der Waals surface area contributed by atoms with Gasteiger partial charge in [-0.05, 0) is 61.9 Å². The Morgan fingerprint density at radius 1 is 1.07 bits per heavy atom. The van der Waals surface area contributed by atoms with Crippen LogP contribution in [-0.4, -0.2) is 32.5 Å². The molecule has 1 aliphatic carbocycles. The van der Waals surface area contributed by atoms with Gasteiger partial charge >= 0.3 is 0 Å². The second-order valence-electron chi connectivity index (χ2n) is 7.41. The van der Waals surface area contributed by atoms with Gasteiger partial charge in [0.05, 0.1) is 15.8 Å². The molecule has 0 aliphatic heterocycles. The van der Waals surface area contributed by atoms with Crippen LogP contribution in [0.1, 0.15) is 64.3 Å². The number of aryl methyl sites for hydroxylation is 2. The van der Waals surface area contributed by atoms with E-state index in [1.807, 2.05) is 14.0 Å². The second-order valence-corrected chi connectivity index (χ2v) is 10.6. The first kappa shape index (κ1) is 20.1. The molecular weight excluding hydrogens is 378 g/mol. The number of carbonyl (C=O) groups excluding carboxylic acids is 1. The molecular formula is C21H27NO3S2. The fourth-order valence-electron chi connectivity index (χ4n) is 3.52. The van der Waals surface area contributed by atoms with Gasteiger partial charge in [-0.1, -0.05) is 25.0 Å². The Kier molecular flexibility index (Phi) is 6.06. The predicted molar refractivity (Wildman–Crippen MR) is 110 cm³/mol. The highest BCUT2D eigenvalue weighted by atomic mass is 32.2. The molecule has 0 saturated carbocycles. The van der Waals surface area contributed by atoms with Crippen molar-refractivity contribution < 1.29 is 13.2 Å². The van der Waals surface area contributed by atoms with E-state index in [1.165, 1.54) is 42.4 Å². The van der Waals surface area contributed by atoms with Gasteiger partial charge in [0.25, 0.3) is 5.91 Å².